The van der Waals surface area contributed by atoms with E-state index in [9.17, 15) is 9.59 Å². The molecule has 0 bridgehead atoms. The SMILES string of the molecule is CN(C)C(=O)Nc1cccc(CC(=O)O)c1.Cl. The predicted molar refractivity (Wildman–Crippen MR) is 67.7 cm³/mol. The minimum Gasteiger partial charge on any atom is -0.481 e. The summed E-state index contributed by atoms with van der Waals surface area (Å²) in [5.41, 5.74) is 1.25. The number of anilines is 1. The fraction of sp³-hybridized carbons (Fsp3) is 0.273. The molecule has 0 aliphatic rings. The van der Waals surface area contributed by atoms with Crippen LogP contribution in [-0.2, 0) is 11.2 Å². The molecule has 2 amide bonds. The van der Waals surface area contributed by atoms with E-state index in [1.54, 1.807) is 38.4 Å². The van der Waals surface area contributed by atoms with Crippen molar-refractivity contribution in [2.45, 2.75) is 6.42 Å². The summed E-state index contributed by atoms with van der Waals surface area (Å²) in [5.74, 6) is -0.893. The lowest BCUT2D eigenvalue weighted by Crippen LogP contribution is -2.27. The second-order valence-corrected chi connectivity index (χ2v) is 3.60. The molecule has 0 aromatic heterocycles. The number of hydrogen-bond acceptors (Lipinski definition) is 2. The van der Waals surface area contributed by atoms with Crippen LogP contribution in [-0.4, -0.2) is 36.1 Å². The first-order valence-corrected chi connectivity index (χ1v) is 4.78. The number of carbonyl (C=O) groups excluding carboxylic acids is 1. The lowest BCUT2D eigenvalue weighted by atomic mass is 10.1. The quantitative estimate of drug-likeness (QED) is 0.869. The van der Waals surface area contributed by atoms with Crippen molar-refractivity contribution in [3.8, 4) is 0 Å². The van der Waals surface area contributed by atoms with Gasteiger partial charge in [-0.2, -0.15) is 0 Å². The third-order valence-corrected chi connectivity index (χ3v) is 1.94. The molecule has 0 heterocycles. The molecule has 0 radical (unpaired) electrons. The molecule has 0 saturated heterocycles. The molecule has 0 fully saturated rings. The molecule has 1 rings (SSSR count). The molecule has 0 aliphatic carbocycles. The Bertz CT molecular complexity index is 407. The van der Waals surface area contributed by atoms with Crippen LogP contribution in [0.15, 0.2) is 24.3 Å². The van der Waals surface area contributed by atoms with Crippen LogP contribution >= 0.6 is 12.4 Å². The van der Waals surface area contributed by atoms with Crippen LogP contribution in [0.1, 0.15) is 5.56 Å². The first kappa shape index (κ1) is 15.2. The van der Waals surface area contributed by atoms with E-state index >= 15 is 0 Å². The molecular formula is C11H15ClN2O3. The molecule has 0 spiro atoms. The van der Waals surface area contributed by atoms with Gasteiger partial charge in [-0.05, 0) is 17.7 Å². The number of benzene rings is 1. The van der Waals surface area contributed by atoms with Crippen molar-refractivity contribution in [1.29, 1.82) is 0 Å². The van der Waals surface area contributed by atoms with Gasteiger partial charge in [0.15, 0.2) is 0 Å². The highest BCUT2D eigenvalue weighted by molar-refractivity contribution is 5.89. The maximum atomic E-state index is 11.3. The maximum absolute atomic E-state index is 11.3. The minimum atomic E-state index is -0.893. The van der Waals surface area contributed by atoms with Crippen molar-refractivity contribution in [3.63, 3.8) is 0 Å². The third-order valence-electron chi connectivity index (χ3n) is 1.94. The summed E-state index contributed by atoms with van der Waals surface area (Å²) in [4.78, 5) is 23.3. The van der Waals surface area contributed by atoms with Crippen molar-refractivity contribution >= 4 is 30.1 Å². The molecule has 94 valence electrons. The number of nitrogens with zero attached hydrogens (tertiary/aromatic N) is 1. The Balaban J connectivity index is 0.00000256. The van der Waals surface area contributed by atoms with E-state index in [0.717, 1.165) is 0 Å². The normalized spacial score (nSPS) is 9.06. The minimum absolute atomic E-state index is 0. The standard InChI is InChI=1S/C11H14N2O3.ClH/c1-13(2)11(16)12-9-5-3-4-8(6-9)7-10(14)15;/h3-6H,7H2,1-2H3,(H,12,16)(H,14,15);1H. The zero-order valence-electron chi connectivity index (χ0n) is 9.64. The number of aliphatic carboxylic acids is 1. The summed E-state index contributed by atoms with van der Waals surface area (Å²) in [6.45, 7) is 0. The van der Waals surface area contributed by atoms with Gasteiger partial charge in [-0.25, -0.2) is 4.79 Å². The zero-order valence-corrected chi connectivity index (χ0v) is 10.5. The number of carbonyl (C=O) groups is 2. The molecule has 0 unspecified atom stereocenters. The van der Waals surface area contributed by atoms with Crippen molar-refractivity contribution < 1.29 is 14.7 Å². The van der Waals surface area contributed by atoms with Crippen LogP contribution in [0.4, 0.5) is 10.5 Å². The molecule has 6 heteroatoms. The number of hydrogen-bond donors (Lipinski definition) is 2. The highest BCUT2D eigenvalue weighted by Gasteiger charge is 2.05. The van der Waals surface area contributed by atoms with Gasteiger partial charge in [0, 0.05) is 19.8 Å². The summed E-state index contributed by atoms with van der Waals surface area (Å²) in [5, 5.41) is 11.3. The van der Waals surface area contributed by atoms with Crippen molar-refractivity contribution in [1.82, 2.24) is 4.90 Å². The van der Waals surface area contributed by atoms with Gasteiger partial charge in [-0.1, -0.05) is 12.1 Å². The van der Waals surface area contributed by atoms with E-state index in [4.69, 9.17) is 5.11 Å². The highest BCUT2D eigenvalue weighted by Crippen LogP contribution is 2.11. The van der Waals surface area contributed by atoms with E-state index in [1.165, 1.54) is 4.90 Å². The molecule has 1 aromatic carbocycles. The summed E-state index contributed by atoms with van der Waals surface area (Å²) < 4.78 is 0. The molecule has 0 atom stereocenters. The van der Waals surface area contributed by atoms with E-state index in [2.05, 4.69) is 5.32 Å². The molecule has 5 nitrogen and oxygen atoms in total. The highest BCUT2D eigenvalue weighted by atomic mass is 35.5. The van der Waals surface area contributed by atoms with Gasteiger partial charge in [0.25, 0.3) is 0 Å². The summed E-state index contributed by atoms with van der Waals surface area (Å²) in [7, 11) is 3.27. The molecule has 1 aromatic rings. The number of amides is 2. The topological polar surface area (TPSA) is 69.6 Å². The van der Waals surface area contributed by atoms with Gasteiger partial charge in [-0.3, -0.25) is 4.79 Å². The number of urea groups is 1. The number of carboxylic acids is 1. The number of halogens is 1. The summed E-state index contributed by atoms with van der Waals surface area (Å²) in [6.07, 6.45) is -0.0499. The predicted octanol–water partition coefficient (Wildman–Crippen LogP) is 1.83. The number of rotatable bonds is 3. The van der Waals surface area contributed by atoms with Gasteiger partial charge in [0.05, 0.1) is 6.42 Å². The monoisotopic (exact) mass is 258 g/mol. The molecule has 0 aliphatic heterocycles. The van der Waals surface area contributed by atoms with Crippen LogP contribution in [0, 0.1) is 0 Å². The second kappa shape index (κ2) is 6.75. The van der Waals surface area contributed by atoms with E-state index in [-0.39, 0.29) is 24.9 Å². The Labute approximate surface area is 106 Å². The largest absolute Gasteiger partial charge is 0.481 e. The zero-order chi connectivity index (χ0) is 12.1. The van der Waals surface area contributed by atoms with Crippen molar-refractivity contribution in [2.24, 2.45) is 0 Å². The van der Waals surface area contributed by atoms with Crippen LogP contribution < -0.4 is 5.32 Å². The van der Waals surface area contributed by atoms with Gasteiger partial charge in [0.2, 0.25) is 0 Å². The summed E-state index contributed by atoms with van der Waals surface area (Å²) >= 11 is 0. The Morgan fingerprint density at radius 2 is 2.00 bits per heavy atom. The van der Waals surface area contributed by atoms with Crippen molar-refractivity contribution in [2.75, 3.05) is 19.4 Å². The third kappa shape index (κ3) is 5.21. The smallest absolute Gasteiger partial charge is 0.321 e. The first-order chi connectivity index (χ1) is 7.49. The first-order valence-electron chi connectivity index (χ1n) is 4.78. The van der Waals surface area contributed by atoms with E-state index in [0.29, 0.717) is 11.3 Å². The van der Waals surface area contributed by atoms with Crippen LogP contribution in [0.5, 0.6) is 0 Å². The second-order valence-electron chi connectivity index (χ2n) is 3.60. The summed E-state index contributed by atoms with van der Waals surface area (Å²) in [6, 6.07) is 6.54. The molecule has 17 heavy (non-hydrogen) atoms. The van der Waals surface area contributed by atoms with Gasteiger partial charge < -0.3 is 15.3 Å². The molecule has 0 saturated carbocycles. The van der Waals surface area contributed by atoms with Gasteiger partial charge in [0.1, 0.15) is 0 Å². The Morgan fingerprint density at radius 1 is 1.35 bits per heavy atom. The fourth-order valence-corrected chi connectivity index (χ4v) is 1.17. The van der Waals surface area contributed by atoms with Gasteiger partial charge >= 0.3 is 12.0 Å². The van der Waals surface area contributed by atoms with Gasteiger partial charge in [-0.15, -0.1) is 12.4 Å². The average Bonchev–Trinajstić information content (AvgIpc) is 2.16. The van der Waals surface area contributed by atoms with Crippen LogP contribution in [0.25, 0.3) is 0 Å². The fourth-order valence-electron chi connectivity index (χ4n) is 1.17. The number of carboxylic acid groups (broad SMARTS) is 1. The Kier molecular flexibility index (Phi) is 6.06. The lowest BCUT2D eigenvalue weighted by molar-refractivity contribution is -0.136. The maximum Gasteiger partial charge on any atom is 0.321 e. The molecule has 2 N–H and O–H groups in total. The number of nitrogens with one attached hydrogen (secondary N) is 1. The molecular weight excluding hydrogens is 244 g/mol. The Morgan fingerprint density at radius 3 is 2.53 bits per heavy atom. The van der Waals surface area contributed by atoms with Crippen LogP contribution in [0.2, 0.25) is 0 Å². The van der Waals surface area contributed by atoms with E-state index < -0.39 is 5.97 Å². The average molecular weight is 259 g/mol. The Hall–Kier alpha value is -1.75. The lowest BCUT2D eigenvalue weighted by Gasteiger charge is -2.12. The van der Waals surface area contributed by atoms with Crippen LogP contribution in [0.3, 0.4) is 0 Å². The van der Waals surface area contributed by atoms with E-state index in [1.807, 2.05) is 0 Å². The van der Waals surface area contributed by atoms with Crippen molar-refractivity contribution in [3.05, 3.63) is 29.8 Å².